The zero-order valence-electron chi connectivity index (χ0n) is 18.9. The number of carbonyl (C=O) groups excluding carboxylic acids is 1. The van der Waals surface area contributed by atoms with E-state index in [-0.39, 0.29) is 18.1 Å². The van der Waals surface area contributed by atoms with E-state index in [1.807, 2.05) is 78.9 Å². The molecule has 4 aromatic carbocycles. The Morgan fingerprint density at radius 2 is 1.69 bits per heavy atom. The predicted octanol–water partition coefficient (Wildman–Crippen LogP) is 7.23. The Bertz CT molecular complexity index is 1540. The minimum atomic E-state index is -0.433. The Balaban J connectivity index is 1.34. The van der Waals surface area contributed by atoms with Crippen molar-refractivity contribution in [1.29, 1.82) is 0 Å². The van der Waals surface area contributed by atoms with Crippen LogP contribution in [0.3, 0.4) is 0 Å². The molecule has 5 aromatic rings. The van der Waals surface area contributed by atoms with Gasteiger partial charge in [-0.3, -0.25) is 4.79 Å². The first-order valence-corrected chi connectivity index (χ1v) is 12.1. The standard InChI is InChI=1S/C28H23BrN4O2/c29-22-11-13-25-24(17-22)27(28(35)33(25)15-14-19-6-2-1-3-7-19)32-31-26(34)18-30-23-12-10-20-8-4-5-9-21(20)16-23/h1-13,16-17,30,35H,14-15,18H2. The van der Waals surface area contributed by atoms with Crippen LogP contribution in [0, 0.1) is 0 Å². The molecule has 2 N–H and O–H groups in total. The van der Waals surface area contributed by atoms with Crippen LogP contribution in [0.25, 0.3) is 21.7 Å². The summed E-state index contributed by atoms with van der Waals surface area (Å²) in [6.07, 6.45) is 0.749. The number of hydrogen-bond acceptors (Lipinski definition) is 4. The van der Waals surface area contributed by atoms with Gasteiger partial charge in [-0.15, -0.1) is 10.2 Å². The van der Waals surface area contributed by atoms with Crippen molar-refractivity contribution in [3.8, 4) is 5.88 Å². The number of benzene rings is 4. The quantitative estimate of drug-likeness (QED) is 0.219. The second-order valence-electron chi connectivity index (χ2n) is 8.23. The summed E-state index contributed by atoms with van der Waals surface area (Å²) in [7, 11) is 0. The summed E-state index contributed by atoms with van der Waals surface area (Å²) in [5.41, 5.74) is 3.12. The van der Waals surface area contributed by atoms with Gasteiger partial charge < -0.3 is 15.0 Å². The van der Waals surface area contributed by atoms with Crippen molar-refractivity contribution < 1.29 is 9.90 Å². The van der Waals surface area contributed by atoms with E-state index in [0.717, 1.165) is 38.3 Å². The van der Waals surface area contributed by atoms with Crippen molar-refractivity contribution in [2.45, 2.75) is 13.0 Å². The maximum absolute atomic E-state index is 12.5. The topological polar surface area (TPSA) is 79.0 Å². The number of anilines is 1. The van der Waals surface area contributed by atoms with E-state index in [1.165, 1.54) is 5.56 Å². The Morgan fingerprint density at radius 1 is 0.914 bits per heavy atom. The first-order valence-electron chi connectivity index (χ1n) is 11.3. The van der Waals surface area contributed by atoms with Crippen LogP contribution in [0.5, 0.6) is 5.88 Å². The largest absolute Gasteiger partial charge is 0.493 e. The van der Waals surface area contributed by atoms with Gasteiger partial charge in [0.15, 0.2) is 5.69 Å². The number of fused-ring (bicyclic) bond motifs is 2. The molecule has 0 bridgehead atoms. The monoisotopic (exact) mass is 526 g/mol. The normalized spacial score (nSPS) is 11.5. The van der Waals surface area contributed by atoms with Gasteiger partial charge in [0, 0.05) is 22.1 Å². The number of aromatic nitrogens is 1. The molecule has 1 amide bonds. The molecule has 0 saturated carbocycles. The van der Waals surface area contributed by atoms with Crippen molar-refractivity contribution in [1.82, 2.24) is 4.57 Å². The van der Waals surface area contributed by atoms with Crippen LogP contribution < -0.4 is 5.32 Å². The smallest absolute Gasteiger partial charge is 0.283 e. The average molecular weight is 527 g/mol. The Kier molecular flexibility index (Phi) is 6.59. The van der Waals surface area contributed by atoms with E-state index in [9.17, 15) is 9.90 Å². The van der Waals surface area contributed by atoms with E-state index in [0.29, 0.717) is 6.54 Å². The number of azo groups is 1. The van der Waals surface area contributed by atoms with Crippen LogP contribution in [0.4, 0.5) is 11.4 Å². The molecule has 0 aliphatic heterocycles. The summed E-state index contributed by atoms with van der Waals surface area (Å²) < 4.78 is 2.66. The first kappa shape index (κ1) is 22.8. The number of aromatic hydroxyl groups is 1. The summed E-state index contributed by atoms with van der Waals surface area (Å²) in [5, 5.41) is 25.1. The molecule has 0 radical (unpaired) electrons. The summed E-state index contributed by atoms with van der Waals surface area (Å²) >= 11 is 3.48. The Morgan fingerprint density at radius 3 is 2.51 bits per heavy atom. The molecular weight excluding hydrogens is 504 g/mol. The molecule has 7 heteroatoms. The van der Waals surface area contributed by atoms with Crippen LogP contribution >= 0.6 is 15.9 Å². The maximum atomic E-state index is 12.5. The van der Waals surface area contributed by atoms with Gasteiger partial charge in [-0.05, 0) is 53.1 Å². The highest BCUT2D eigenvalue weighted by Gasteiger charge is 2.17. The molecule has 35 heavy (non-hydrogen) atoms. The zero-order chi connectivity index (χ0) is 24.2. The van der Waals surface area contributed by atoms with Gasteiger partial charge in [-0.2, -0.15) is 0 Å². The summed E-state index contributed by atoms with van der Waals surface area (Å²) in [6, 6.07) is 29.8. The number of carbonyl (C=O) groups is 1. The number of rotatable bonds is 7. The zero-order valence-corrected chi connectivity index (χ0v) is 20.4. The molecule has 0 aliphatic rings. The second kappa shape index (κ2) is 10.1. The number of amides is 1. The van der Waals surface area contributed by atoms with Crippen molar-refractivity contribution in [2.24, 2.45) is 10.2 Å². The first-order chi connectivity index (χ1) is 17.1. The third-order valence-electron chi connectivity index (χ3n) is 5.89. The predicted molar refractivity (Wildman–Crippen MR) is 143 cm³/mol. The van der Waals surface area contributed by atoms with Gasteiger partial charge in [0.05, 0.1) is 12.1 Å². The van der Waals surface area contributed by atoms with Gasteiger partial charge >= 0.3 is 0 Å². The number of nitrogens with one attached hydrogen (secondary N) is 1. The fraction of sp³-hybridized carbons (Fsp3) is 0.107. The number of halogens is 1. The highest BCUT2D eigenvalue weighted by atomic mass is 79.9. The molecule has 0 fully saturated rings. The molecule has 174 valence electrons. The number of hydrogen-bond donors (Lipinski definition) is 2. The molecule has 6 nitrogen and oxygen atoms in total. The minimum Gasteiger partial charge on any atom is -0.493 e. The lowest BCUT2D eigenvalue weighted by atomic mass is 10.1. The SMILES string of the molecule is O=C(CNc1ccc2ccccc2c1)N=Nc1c(O)n(CCc2ccccc2)c2ccc(Br)cc12. The summed E-state index contributed by atoms with van der Waals surface area (Å²) in [5.74, 6) is -0.439. The average Bonchev–Trinajstić information content (AvgIpc) is 3.14. The summed E-state index contributed by atoms with van der Waals surface area (Å²) in [6.45, 7) is 0.569. The Hall–Kier alpha value is -3.97. The van der Waals surface area contributed by atoms with E-state index >= 15 is 0 Å². The van der Waals surface area contributed by atoms with Crippen molar-refractivity contribution in [3.05, 3.63) is 101 Å². The lowest BCUT2D eigenvalue weighted by Crippen LogP contribution is -2.10. The summed E-state index contributed by atoms with van der Waals surface area (Å²) in [4.78, 5) is 12.5. The molecular formula is C28H23BrN4O2. The molecule has 0 atom stereocenters. The van der Waals surface area contributed by atoms with E-state index < -0.39 is 5.91 Å². The van der Waals surface area contributed by atoms with Crippen LogP contribution in [0.2, 0.25) is 0 Å². The van der Waals surface area contributed by atoms with Gasteiger partial charge in [-0.25, -0.2) is 0 Å². The van der Waals surface area contributed by atoms with E-state index in [2.05, 4.69) is 43.6 Å². The van der Waals surface area contributed by atoms with Gasteiger partial charge in [0.2, 0.25) is 5.88 Å². The lowest BCUT2D eigenvalue weighted by Gasteiger charge is -2.07. The van der Waals surface area contributed by atoms with Crippen LogP contribution in [0.1, 0.15) is 5.56 Å². The molecule has 5 rings (SSSR count). The van der Waals surface area contributed by atoms with Crippen LogP contribution in [-0.4, -0.2) is 22.1 Å². The second-order valence-corrected chi connectivity index (χ2v) is 9.15. The van der Waals surface area contributed by atoms with E-state index in [1.54, 1.807) is 4.57 Å². The van der Waals surface area contributed by atoms with E-state index in [4.69, 9.17) is 0 Å². The van der Waals surface area contributed by atoms with Crippen LogP contribution in [0.15, 0.2) is 106 Å². The van der Waals surface area contributed by atoms with Crippen molar-refractivity contribution in [3.63, 3.8) is 0 Å². The van der Waals surface area contributed by atoms with Gasteiger partial charge in [0.25, 0.3) is 5.91 Å². The molecule has 0 unspecified atom stereocenters. The molecule has 0 spiro atoms. The fourth-order valence-corrected chi connectivity index (χ4v) is 4.49. The highest BCUT2D eigenvalue weighted by Crippen LogP contribution is 2.40. The molecule has 0 aliphatic carbocycles. The molecule has 1 heterocycles. The lowest BCUT2D eigenvalue weighted by molar-refractivity contribution is -0.116. The third-order valence-corrected chi connectivity index (χ3v) is 6.39. The van der Waals surface area contributed by atoms with Gasteiger partial charge in [-0.1, -0.05) is 76.6 Å². The minimum absolute atomic E-state index is 0.00105. The number of nitrogens with zero attached hydrogens (tertiary/aromatic N) is 3. The van der Waals surface area contributed by atoms with Gasteiger partial charge in [0.1, 0.15) is 0 Å². The Labute approximate surface area is 211 Å². The van der Waals surface area contributed by atoms with Crippen LogP contribution in [-0.2, 0) is 17.8 Å². The number of aryl methyl sites for hydroxylation is 2. The molecule has 0 saturated heterocycles. The highest BCUT2D eigenvalue weighted by molar-refractivity contribution is 9.10. The third kappa shape index (κ3) is 5.10. The van der Waals surface area contributed by atoms with Crippen molar-refractivity contribution >= 4 is 54.9 Å². The fourth-order valence-electron chi connectivity index (χ4n) is 4.12. The molecule has 1 aromatic heterocycles. The van der Waals surface area contributed by atoms with Crippen molar-refractivity contribution in [2.75, 3.05) is 11.9 Å². The maximum Gasteiger partial charge on any atom is 0.283 e.